The van der Waals surface area contributed by atoms with Gasteiger partial charge in [0.1, 0.15) is 11.6 Å². The normalized spacial score (nSPS) is 50.5. The van der Waals surface area contributed by atoms with Crippen LogP contribution in [0.4, 0.5) is 0 Å². The Morgan fingerprint density at radius 2 is 1.75 bits per heavy atom. The van der Waals surface area contributed by atoms with Crippen molar-refractivity contribution in [3.63, 3.8) is 0 Å². The van der Waals surface area contributed by atoms with E-state index in [1.54, 1.807) is 0 Å². The van der Waals surface area contributed by atoms with Crippen LogP contribution in [0.15, 0.2) is 0 Å². The maximum atomic E-state index is 12.1. The first-order valence-corrected chi connectivity index (χ1v) is 6.50. The van der Waals surface area contributed by atoms with Crippen molar-refractivity contribution in [1.29, 1.82) is 0 Å². The van der Waals surface area contributed by atoms with Crippen LogP contribution in [0.5, 0.6) is 0 Å². The second-order valence-electron chi connectivity index (χ2n) is 6.55. The van der Waals surface area contributed by atoms with Crippen molar-refractivity contribution in [2.75, 3.05) is 0 Å². The highest BCUT2D eigenvalue weighted by Crippen LogP contribution is 2.82. The second kappa shape index (κ2) is 2.77. The highest BCUT2D eigenvalue weighted by atomic mass is 16.1. The number of hydrogen-bond donors (Lipinski definition) is 0. The average Bonchev–Trinajstić information content (AvgIpc) is 2.55. The fraction of sp³-hybridized carbons (Fsp3) is 0.857. The van der Waals surface area contributed by atoms with Gasteiger partial charge in [0.15, 0.2) is 0 Å². The topological polar surface area (TPSA) is 34.1 Å². The number of hydrogen-bond acceptors (Lipinski definition) is 2. The monoisotopic (exact) mass is 220 g/mol. The van der Waals surface area contributed by atoms with Gasteiger partial charge in [0.25, 0.3) is 0 Å². The van der Waals surface area contributed by atoms with Gasteiger partial charge >= 0.3 is 0 Å². The summed E-state index contributed by atoms with van der Waals surface area (Å²) in [5.74, 6) is 1.62. The van der Waals surface area contributed by atoms with Crippen molar-refractivity contribution in [3.8, 4) is 0 Å². The van der Waals surface area contributed by atoms with E-state index in [4.69, 9.17) is 0 Å². The van der Waals surface area contributed by atoms with E-state index in [2.05, 4.69) is 20.8 Å². The molecule has 0 aliphatic heterocycles. The molecule has 0 bridgehead atoms. The van der Waals surface area contributed by atoms with Gasteiger partial charge in [0, 0.05) is 24.7 Å². The molecule has 16 heavy (non-hydrogen) atoms. The minimum absolute atomic E-state index is 0.0770. The summed E-state index contributed by atoms with van der Waals surface area (Å²) >= 11 is 0. The molecule has 1 spiro atoms. The van der Waals surface area contributed by atoms with E-state index in [9.17, 15) is 9.59 Å². The minimum Gasteiger partial charge on any atom is -0.299 e. The van der Waals surface area contributed by atoms with Crippen molar-refractivity contribution >= 4 is 11.6 Å². The lowest BCUT2D eigenvalue weighted by Crippen LogP contribution is -2.37. The molecule has 4 atom stereocenters. The first-order valence-electron chi connectivity index (χ1n) is 6.50. The molecule has 0 heterocycles. The Morgan fingerprint density at radius 1 is 1.12 bits per heavy atom. The Morgan fingerprint density at radius 3 is 2.38 bits per heavy atom. The van der Waals surface area contributed by atoms with Gasteiger partial charge in [0.05, 0.1) is 0 Å². The smallest absolute Gasteiger partial charge is 0.137 e. The lowest BCUT2D eigenvalue weighted by molar-refractivity contribution is -0.130. The predicted molar refractivity (Wildman–Crippen MR) is 60.8 cm³/mol. The fourth-order valence-corrected chi connectivity index (χ4v) is 5.20. The SMILES string of the molecule is CC(C)C1C(=O)CCC2(C)C3C(=O)CCC132. The summed E-state index contributed by atoms with van der Waals surface area (Å²) < 4.78 is 0. The molecule has 3 rings (SSSR count). The molecule has 3 fully saturated rings. The Kier molecular flexibility index (Phi) is 1.82. The Labute approximate surface area is 96.8 Å². The van der Waals surface area contributed by atoms with Crippen molar-refractivity contribution in [1.82, 2.24) is 0 Å². The van der Waals surface area contributed by atoms with Crippen LogP contribution in [-0.4, -0.2) is 11.6 Å². The Hall–Kier alpha value is -0.660. The van der Waals surface area contributed by atoms with E-state index in [0.29, 0.717) is 23.9 Å². The molecule has 3 aliphatic rings. The van der Waals surface area contributed by atoms with E-state index >= 15 is 0 Å². The van der Waals surface area contributed by atoms with Crippen molar-refractivity contribution < 1.29 is 9.59 Å². The molecule has 3 saturated carbocycles. The lowest BCUT2D eigenvalue weighted by atomic mass is 9.66. The largest absolute Gasteiger partial charge is 0.299 e. The summed E-state index contributed by atoms with van der Waals surface area (Å²) in [5.41, 5.74) is 0.249. The van der Waals surface area contributed by atoms with Crippen LogP contribution in [-0.2, 0) is 9.59 Å². The third kappa shape index (κ3) is 0.869. The Bertz CT molecular complexity index is 384. The fourth-order valence-electron chi connectivity index (χ4n) is 5.20. The van der Waals surface area contributed by atoms with Gasteiger partial charge in [0.2, 0.25) is 0 Å². The zero-order chi connectivity index (χ0) is 11.7. The number of carbonyl (C=O) groups excluding carboxylic acids is 2. The summed E-state index contributed by atoms with van der Waals surface area (Å²) in [6.07, 6.45) is 3.34. The van der Waals surface area contributed by atoms with Gasteiger partial charge in [-0.3, -0.25) is 9.59 Å². The van der Waals surface area contributed by atoms with E-state index in [1.807, 2.05) is 0 Å². The van der Waals surface area contributed by atoms with Gasteiger partial charge in [-0.1, -0.05) is 20.8 Å². The molecule has 2 nitrogen and oxygen atoms in total. The molecule has 0 saturated heterocycles. The Balaban J connectivity index is 2.06. The van der Waals surface area contributed by atoms with Gasteiger partial charge in [-0.25, -0.2) is 0 Å². The van der Waals surface area contributed by atoms with Crippen LogP contribution >= 0.6 is 0 Å². The summed E-state index contributed by atoms with van der Waals surface area (Å²) in [6, 6.07) is 0. The standard InChI is InChI=1S/C14H20O2/c1-8(2)11-9(15)4-6-13(3)12-10(16)5-7-14(11,12)13/h8,11-12H,4-7H2,1-3H3. The first-order chi connectivity index (χ1) is 7.45. The molecule has 0 amide bonds. The van der Waals surface area contributed by atoms with Gasteiger partial charge in [-0.15, -0.1) is 0 Å². The number of ketones is 2. The molecule has 0 radical (unpaired) electrons. The highest BCUT2D eigenvalue weighted by Gasteiger charge is 2.82. The van der Waals surface area contributed by atoms with Crippen LogP contribution < -0.4 is 0 Å². The molecule has 4 unspecified atom stereocenters. The second-order valence-corrected chi connectivity index (χ2v) is 6.55. The molecule has 2 heteroatoms. The highest BCUT2D eigenvalue weighted by molar-refractivity contribution is 5.95. The molecule has 0 aromatic carbocycles. The van der Waals surface area contributed by atoms with E-state index < -0.39 is 0 Å². The minimum atomic E-state index is 0.0770. The third-order valence-corrected chi connectivity index (χ3v) is 5.70. The maximum absolute atomic E-state index is 12.1. The predicted octanol–water partition coefficient (Wildman–Crippen LogP) is 2.61. The number of rotatable bonds is 1. The summed E-state index contributed by atoms with van der Waals surface area (Å²) in [6.45, 7) is 6.53. The van der Waals surface area contributed by atoms with E-state index in [1.165, 1.54) is 0 Å². The molecule has 88 valence electrons. The molecule has 0 N–H and O–H groups in total. The van der Waals surface area contributed by atoms with Crippen LogP contribution in [0, 0.1) is 28.6 Å². The summed E-state index contributed by atoms with van der Waals surface area (Å²) in [7, 11) is 0. The van der Waals surface area contributed by atoms with E-state index in [0.717, 1.165) is 19.3 Å². The van der Waals surface area contributed by atoms with E-state index in [-0.39, 0.29) is 22.7 Å². The number of Topliss-reactive ketones (excluding diaryl/α,β-unsaturated/α-hetero) is 2. The zero-order valence-corrected chi connectivity index (χ0v) is 10.4. The van der Waals surface area contributed by atoms with Crippen LogP contribution in [0.25, 0.3) is 0 Å². The zero-order valence-electron chi connectivity index (χ0n) is 10.4. The molecule has 0 aromatic rings. The number of fused-ring (bicyclic) bond motifs is 1. The number of carbonyl (C=O) groups is 2. The van der Waals surface area contributed by atoms with Crippen molar-refractivity contribution in [3.05, 3.63) is 0 Å². The quantitative estimate of drug-likeness (QED) is 0.680. The van der Waals surface area contributed by atoms with Crippen LogP contribution in [0.1, 0.15) is 46.5 Å². The molecule has 0 aromatic heterocycles. The molecular formula is C14H20O2. The maximum Gasteiger partial charge on any atom is 0.137 e. The van der Waals surface area contributed by atoms with Crippen molar-refractivity contribution in [2.24, 2.45) is 28.6 Å². The van der Waals surface area contributed by atoms with Gasteiger partial charge in [-0.05, 0) is 29.6 Å². The van der Waals surface area contributed by atoms with Crippen LogP contribution in [0.2, 0.25) is 0 Å². The third-order valence-electron chi connectivity index (χ3n) is 5.70. The lowest BCUT2D eigenvalue weighted by Gasteiger charge is -2.36. The van der Waals surface area contributed by atoms with Gasteiger partial charge in [-0.2, -0.15) is 0 Å². The summed E-state index contributed by atoms with van der Waals surface area (Å²) in [5, 5.41) is 0. The van der Waals surface area contributed by atoms with Gasteiger partial charge < -0.3 is 0 Å². The molecular weight excluding hydrogens is 200 g/mol. The first kappa shape index (κ1) is 10.5. The van der Waals surface area contributed by atoms with Crippen molar-refractivity contribution in [2.45, 2.75) is 46.5 Å². The van der Waals surface area contributed by atoms with Crippen LogP contribution in [0.3, 0.4) is 0 Å². The average molecular weight is 220 g/mol. The molecule has 3 aliphatic carbocycles. The summed E-state index contributed by atoms with van der Waals surface area (Å²) in [4.78, 5) is 24.1.